The predicted octanol–water partition coefficient (Wildman–Crippen LogP) is 10.3. The molecular weight excluding hydrogens is 1060 g/mol. The molecule has 2 bridgehead atoms. The normalized spacial score (nSPS) is 26.9. The number of hydrogen-bond donors (Lipinski definition) is 4. The highest BCUT2D eigenvalue weighted by molar-refractivity contribution is 5.96. The van der Waals surface area contributed by atoms with Gasteiger partial charge in [0.15, 0.2) is 17.5 Å². The largest absolute Gasteiger partial charge is 0.455 e. The molecule has 4 N–H and O–H groups in total. The van der Waals surface area contributed by atoms with Gasteiger partial charge in [0.05, 0.1) is 29.6 Å². The SMILES string of the molecule is CCCCC/C=C\C/C=C\CCCCCCCCNC(=O)O[C@@H](C(=O)O[C@H]1C[C@@]2(O)[C@@H](OC(=O)c3ccccc3)[C@@H]3[C@]4(OC(C)=O)CO[C@@H]4C[C@H](O)[C@@]3(C)C(=O)[C@H](OC(C)=O)C(=C1C)C2(C)C)[C@@H](NC(=O)c1ccccc1)c1ccccc1. The number of unbranched alkanes of at least 4 members (excludes halogenated alkanes) is 9. The van der Waals surface area contributed by atoms with Crippen LogP contribution in [0.1, 0.15) is 171 Å². The summed E-state index contributed by atoms with van der Waals surface area (Å²) in [6.07, 6.45) is 9.67. The zero-order valence-corrected chi connectivity index (χ0v) is 49.1. The van der Waals surface area contributed by atoms with Crippen molar-refractivity contribution in [3.05, 3.63) is 143 Å². The minimum atomic E-state index is -2.46. The van der Waals surface area contributed by atoms with Crippen molar-refractivity contribution >= 4 is 41.7 Å². The van der Waals surface area contributed by atoms with E-state index in [9.17, 15) is 34.2 Å². The first kappa shape index (κ1) is 63.6. The van der Waals surface area contributed by atoms with Crippen LogP contribution in [0, 0.1) is 16.7 Å². The minimum Gasteiger partial charge on any atom is -0.455 e. The Bertz CT molecular complexity index is 2830. The number of allylic oxidation sites excluding steroid dienone is 4. The van der Waals surface area contributed by atoms with Crippen LogP contribution in [-0.4, -0.2) is 113 Å². The second-order valence-electron chi connectivity index (χ2n) is 23.2. The number of Topliss-reactive ketones (excluding diaryl/α,β-unsaturated/α-hetero) is 1. The molecule has 11 atom stereocenters. The monoisotopic (exact) mass is 1140 g/mol. The third-order valence-corrected chi connectivity index (χ3v) is 17.3. The summed E-state index contributed by atoms with van der Waals surface area (Å²) in [6.45, 7) is 10.4. The molecule has 0 radical (unpaired) electrons. The highest BCUT2D eigenvalue weighted by Crippen LogP contribution is 2.64. The molecule has 1 heterocycles. The molecule has 448 valence electrons. The predicted molar refractivity (Wildman–Crippen MR) is 309 cm³/mol. The van der Waals surface area contributed by atoms with Gasteiger partial charge in [-0.15, -0.1) is 0 Å². The van der Waals surface area contributed by atoms with Gasteiger partial charge < -0.3 is 49.3 Å². The number of ketones is 1. The van der Waals surface area contributed by atoms with Crippen molar-refractivity contribution in [3.63, 3.8) is 0 Å². The number of fused-ring (bicyclic) bond motifs is 5. The Morgan fingerprint density at radius 3 is 1.93 bits per heavy atom. The zero-order chi connectivity index (χ0) is 60.0. The fourth-order valence-corrected chi connectivity index (χ4v) is 12.7. The molecule has 0 aromatic heterocycles. The standard InChI is InChI=1S/C66H84N2O15/c1-8-9-10-11-12-13-14-15-16-17-18-19-20-21-22-32-39-67-62(76)81-55(53(46-33-26-23-27-34-46)68-59(73)47-35-28-24-29-36-47)61(75)80-49-41-66(77)58(82-60(74)48-37-30-25-31-38-48)56-64(7,50(71)40-51-65(56,42-78-51)83-45(4)70)57(72)54(79-44(3)69)52(43(49)2)63(66,5)6/h12-13,15-16,23-31,33-38,49-51,53-56,58,71,77H,8-11,14,17-22,32,39-42H2,1-7H3,(H,67,76)(H,68,73)/b13-12-,16-15-/t49-,50-,51+,53-,54+,55+,56-,58-,64+,65-,66+/m0/s1. The number of alkyl carbamates (subject to hydrolysis) is 1. The lowest BCUT2D eigenvalue weighted by atomic mass is 9.44. The highest BCUT2D eigenvalue weighted by Gasteiger charge is 2.78. The number of ether oxygens (including phenoxy) is 6. The van der Waals surface area contributed by atoms with Crippen LogP contribution in [0.4, 0.5) is 4.79 Å². The van der Waals surface area contributed by atoms with E-state index in [-0.39, 0.29) is 41.8 Å². The van der Waals surface area contributed by atoms with Crippen LogP contribution >= 0.6 is 0 Å². The van der Waals surface area contributed by atoms with Gasteiger partial charge in [-0.25, -0.2) is 14.4 Å². The number of carbonyl (C=O) groups is 7. The van der Waals surface area contributed by atoms with Crippen LogP contribution in [0.5, 0.6) is 0 Å². The average Bonchev–Trinajstić information content (AvgIpc) is 0.824. The maximum absolute atomic E-state index is 15.8. The van der Waals surface area contributed by atoms with Gasteiger partial charge in [0.2, 0.25) is 6.10 Å². The van der Waals surface area contributed by atoms with Gasteiger partial charge >= 0.3 is 30.0 Å². The summed E-state index contributed by atoms with van der Waals surface area (Å²) in [4.78, 5) is 101. The number of hydrogen-bond acceptors (Lipinski definition) is 15. The van der Waals surface area contributed by atoms with Gasteiger partial charge in [0, 0.05) is 44.2 Å². The molecule has 17 nitrogen and oxygen atoms in total. The Morgan fingerprint density at radius 2 is 1.34 bits per heavy atom. The molecule has 7 rings (SSSR count). The first-order valence-corrected chi connectivity index (χ1v) is 29.5. The maximum atomic E-state index is 15.8. The number of nitrogens with one attached hydrogen (secondary N) is 2. The zero-order valence-electron chi connectivity index (χ0n) is 49.1. The third-order valence-electron chi connectivity index (χ3n) is 17.3. The molecule has 4 aliphatic rings. The molecule has 1 aliphatic heterocycles. The van der Waals surface area contributed by atoms with E-state index in [1.807, 2.05) is 0 Å². The van der Waals surface area contributed by atoms with E-state index in [0.717, 1.165) is 65.2 Å². The number of rotatable bonds is 26. The highest BCUT2D eigenvalue weighted by atomic mass is 16.6. The first-order valence-electron chi connectivity index (χ1n) is 29.5. The van der Waals surface area contributed by atoms with Crippen LogP contribution in [0.2, 0.25) is 0 Å². The smallest absolute Gasteiger partial charge is 0.408 e. The lowest BCUT2D eigenvalue weighted by Gasteiger charge is -2.67. The Hall–Kier alpha value is -6.95. The second kappa shape index (κ2) is 28.6. The Kier molecular flexibility index (Phi) is 21.9. The van der Waals surface area contributed by atoms with Crippen molar-refractivity contribution in [2.75, 3.05) is 13.2 Å². The molecule has 2 saturated carbocycles. The number of aliphatic hydroxyl groups is 2. The minimum absolute atomic E-state index is 0.0223. The second-order valence-corrected chi connectivity index (χ2v) is 23.2. The van der Waals surface area contributed by atoms with Crippen molar-refractivity contribution in [2.24, 2.45) is 16.7 Å². The number of benzene rings is 3. The summed E-state index contributed by atoms with van der Waals surface area (Å²) in [6, 6.07) is 23.1. The Balaban J connectivity index is 1.21. The third kappa shape index (κ3) is 14.4. The van der Waals surface area contributed by atoms with Gasteiger partial charge in [-0.2, -0.15) is 0 Å². The topological polar surface area (TPSA) is 239 Å². The number of aliphatic hydroxyl groups excluding tert-OH is 1. The lowest BCUT2D eigenvalue weighted by molar-refractivity contribution is -0.346. The van der Waals surface area contributed by atoms with E-state index in [2.05, 4.69) is 41.9 Å². The van der Waals surface area contributed by atoms with Crippen molar-refractivity contribution in [2.45, 2.75) is 192 Å². The van der Waals surface area contributed by atoms with Gasteiger partial charge in [0.25, 0.3) is 5.91 Å². The van der Waals surface area contributed by atoms with E-state index in [1.54, 1.807) is 99.6 Å². The quantitative estimate of drug-likeness (QED) is 0.0253. The van der Waals surface area contributed by atoms with E-state index in [4.69, 9.17) is 28.4 Å². The lowest BCUT2D eigenvalue weighted by Crippen LogP contribution is -2.82. The van der Waals surface area contributed by atoms with Crippen LogP contribution in [0.15, 0.2) is 126 Å². The van der Waals surface area contributed by atoms with Crippen molar-refractivity contribution in [3.8, 4) is 0 Å². The summed E-state index contributed by atoms with van der Waals surface area (Å²) >= 11 is 0. The van der Waals surface area contributed by atoms with Crippen molar-refractivity contribution in [1.82, 2.24) is 10.6 Å². The van der Waals surface area contributed by atoms with Crippen LogP contribution in [-0.2, 0) is 47.6 Å². The number of amides is 2. The molecule has 83 heavy (non-hydrogen) atoms. The summed E-state index contributed by atoms with van der Waals surface area (Å²) < 4.78 is 37.2. The first-order chi connectivity index (χ1) is 39.7. The van der Waals surface area contributed by atoms with Gasteiger partial charge in [-0.1, -0.05) is 150 Å². The molecule has 1 saturated heterocycles. The van der Waals surface area contributed by atoms with Crippen LogP contribution in [0.25, 0.3) is 0 Å². The number of esters is 4. The summed E-state index contributed by atoms with van der Waals surface area (Å²) in [5.41, 5.74) is -7.30. The molecule has 0 spiro atoms. The van der Waals surface area contributed by atoms with E-state index in [0.29, 0.717) is 12.0 Å². The molecular formula is C66H84N2O15. The molecule has 3 fully saturated rings. The number of carbonyl (C=O) groups excluding carboxylic acids is 7. The average molecular weight is 1150 g/mol. The fourth-order valence-electron chi connectivity index (χ4n) is 12.7. The van der Waals surface area contributed by atoms with Crippen LogP contribution in [0.3, 0.4) is 0 Å². The maximum Gasteiger partial charge on any atom is 0.408 e. The Labute approximate surface area is 487 Å². The summed E-state index contributed by atoms with van der Waals surface area (Å²) in [5, 5.41) is 32.0. The van der Waals surface area contributed by atoms with Crippen molar-refractivity contribution in [1.29, 1.82) is 0 Å². The molecule has 17 heteroatoms. The van der Waals surface area contributed by atoms with Crippen LogP contribution < -0.4 is 10.6 Å². The van der Waals surface area contributed by atoms with Crippen molar-refractivity contribution < 1.29 is 72.2 Å². The molecule has 0 unspecified atom stereocenters. The summed E-state index contributed by atoms with van der Waals surface area (Å²) in [7, 11) is 0. The van der Waals surface area contributed by atoms with E-state index >= 15 is 9.59 Å². The van der Waals surface area contributed by atoms with E-state index < -0.39 is 119 Å². The Morgan fingerprint density at radius 1 is 0.747 bits per heavy atom. The van der Waals surface area contributed by atoms with Gasteiger partial charge in [0.1, 0.15) is 30.0 Å². The molecule has 2 amide bonds. The summed E-state index contributed by atoms with van der Waals surface area (Å²) in [5.74, 6) is -6.91. The van der Waals surface area contributed by atoms with E-state index in [1.165, 1.54) is 38.3 Å². The van der Waals surface area contributed by atoms with Gasteiger partial charge in [-0.3, -0.25) is 19.2 Å². The molecule has 3 aliphatic carbocycles. The van der Waals surface area contributed by atoms with Gasteiger partial charge in [-0.05, 0) is 93.3 Å². The molecule has 3 aromatic rings. The fraction of sp³-hybridized carbons (Fsp3) is 0.530. The molecule has 3 aromatic carbocycles.